The number of nitrogens with zero attached hydrogens (tertiary/aromatic N) is 2. The van der Waals surface area contributed by atoms with Gasteiger partial charge < -0.3 is 10.0 Å². The Labute approximate surface area is 163 Å². The highest BCUT2D eigenvalue weighted by Crippen LogP contribution is 2.38. The Kier molecular flexibility index (Phi) is 5.90. The first-order chi connectivity index (χ1) is 12.5. The maximum Gasteiger partial charge on any atom is 0.278 e. The van der Waals surface area contributed by atoms with Gasteiger partial charge in [0.1, 0.15) is 5.70 Å². The Morgan fingerprint density at radius 1 is 1.15 bits per heavy atom. The molecule has 0 aromatic heterocycles. The molecule has 0 unspecified atom stereocenters. The average molecular weight is 397 g/mol. The number of benzene rings is 1. The summed E-state index contributed by atoms with van der Waals surface area (Å²) in [5.41, 5.74) is 1.07. The van der Waals surface area contributed by atoms with E-state index in [0.717, 1.165) is 32.1 Å². The van der Waals surface area contributed by atoms with Crippen LogP contribution in [0.5, 0.6) is 0 Å². The standard InChI is InChI=1S/C19H22Cl2N2O3/c1-22(9-10-24)17-16(14-8-7-12(20)11-15(14)21)18(25)23(19(17)26)13-5-3-2-4-6-13/h7-8,11,13,24H,2-6,9-10H2,1H3. The zero-order valence-corrected chi connectivity index (χ0v) is 16.2. The van der Waals surface area contributed by atoms with Crippen molar-refractivity contribution in [3.05, 3.63) is 39.5 Å². The van der Waals surface area contributed by atoms with Crippen LogP contribution in [0.15, 0.2) is 23.9 Å². The molecule has 0 spiro atoms. The lowest BCUT2D eigenvalue weighted by molar-refractivity contribution is -0.140. The second kappa shape index (κ2) is 7.99. The van der Waals surface area contributed by atoms with Gasteiger partial charge in [-0.05, 0) is 25.0 Å². The number of rotatable bonds is 5. The number of hydrogen-bond acceptors (Lipinski definition) is 4. The van der Waals surface area contributed by atoms with Crippen LogP contribution in [0.25, 0.3) is 5.57 Å². The quantitative estimate of drug-likeness (QED) is 0.775. The number of halogens is 2. The van der Waals surface area contributed by atoms with Crippen LogP contribution in [-0.4, -0.2) is 53.0 Å². The fourth-order valence-electron chi connectivity index (χ4n) is 3.76. The summed E-state index contributed by atoms with van der Waals surface area (Å²) in [5.74, 6) is -0.621. The van der Waals surface area contributed by atoms with Gasteiger partial charge in [-0.2, -0.15) is 0 Å². The van der Waals surface area contributed by atoms with Crippen LogP contribution in [0.1, 0.15) is 37.7 Å². The highest BCUT2D eigenvalue weighted by Gasteiger charge is 2.44. The number of hydrogen-bond donors (Lipinski definition) is 1. The minimum absolute atomic E-state index is 0.0788. The van der Waals surface area contributed by atoms with Crippen molar-refractivity contribution >= 4 is 40.6 Å². The van der Waals surface area contributed by atoms with E-state index >= 15 is 0 Å². The van der Waals surface area contributed by atoms with Crippen LogP contribution >= 0.6 is 23.2 Å². The second-order valence-corrected chi connectivity index (χ2v) is 7.61. The molecular weight excluding hydrogens is 375 g/mol. The van der Waals surface area contributed by atoms with Crippen molar-refractivity contribution in [1.29, 1.82) is 0 Å². The molecule has 1 fully saturated rings. The van der Waals surface area contributed by atoms with Crippen molar-refractivity contribution in [2.75, 3.05) is 20.2 Å². The zero-order chi connectivity index (χ0) is 18.8. The molecule has 5 nitrogen and oxygen atoms in total. The van der Waals surface area contributed by atoms with Crippen molar-refractivity contribution in [3.63, 3.8) is 0 Å². The molecular formula is C19H22Cl2N2O3. The molecule has 1 saturated carbocycles. The van der Waals surface area contributed by atoms with Gasteiger partial charge in [0.25, 0.3) is 11.8 Å². The lowest BCUT2D eigenvalue weighted by Crippen LogP contribution is -2.43. The number of carbonyl (C=O) groups excluding carboxylic acids is 2. The highest BCUT2D eigenvalue weighted by atomic mass is 35.5. The number of aliphatic hydroxyl groups excluding tert-OH is 1. The van der Waals surface area contributed by atoms with E-state index in [1.807, 2.05) is 0 Å². The number of carbonyl (C=O) groups is 2. The molecule has 0 atom stereocenters. The van der Waals surface area contributed by atoms with E-state index in [1.165, 1.54) is 4.90 Å². The van der Waals surface area contributed by atoms with Gasteiger partial charge in [-0.15, -0.1) is 0 Å². The van der Waals surface area contributed by atoms with Crippen molar-refractivity contribution in [3.8, 4) is 0 Å². The molecule has 1 aromatic carbocycles. The van der Waals surface area contributed by atoms with Crippen molar-refractivity contribution in [2.24, 2.45) is 0 Å². The maximum absolute atomic E-state index is 13.2. The van der Waals surface area contributed by atoms with Crippen LogP contribution < -0.4 is 0 Å². The smallest absolute Gasteiger partial charge is 0.278 e. The lowest BCUT2D eigenvalue weighted by atomic mass is 9.94. The average Bonchev–Trinajstić information content (AvgIpc) is 2.86. The molecule has 1 heterocycles. The maximum atomic E-state index is 13.2. The Morgan fingerprint density at radius 3 is 2.46 bits per heavy atom. The van der Waals surface area contributed by atoms with Crippen LogP contribution in [0.3, 0.4) is 0 Å². The molecule has 26 heavy (non-hydrogen) atoms. The molecule has 2 amide bonds. The molecule has 1 N–H and O–H groups in total. The van der Waals surface area contributed by atoms with E-state index in [4.69, 9.17) is 23.2 Å². The van der Waals surface area contributed by atoms with Gasteiger partial charge in [0.2, 0.25) is 0 Å². The van der Waals surface area contributed by atoms with Crippen LogP contribution in [0, 0.1) is 0 Å². The largest absolute Gasteiger partial charge is 0.395 e. The van der Waals surface area contributed by atoms with Crippen LogP contribution in [0.4, 0.5) is 0 Å². The van der Waals surface area contributed by atoms with Crippen molar-refractivity contribution in [2.45, 2.75) is 38.1 Å². The molecule has 0 saturated heterocycles. The summed E-state index contributed by atoms with van der Waals surface area (Å²) in [6.07, 6.45) is 4.82. The normalized spacial score (nSPS) is 18.8. The highest BCUT2D eigenvalue weighted by molar-refractivity contribution is 6.41. The summed E-state index contributed by atoms with van der Waals surface area (Å²) in [7, 11) is 1.70. The van der Waals surface area contributed by atoms with Crippen molar-refractivity contribution in [1.82, 2.24) is 9.80 Å². The molecule has 1 aromatic rings. The molecule has 0 radical (unpaired) electrons. The van der Waals surface area contributed by atoms with Gasteiger partial charge in [-0.3, -0.25) is 14.5 Å². The van der Waals surface area contributed by atoms with Gasteiger partial charge >= 0.3 is 0 Å². The van der Waals surface area contributed by atoms with Crippen LogP contribution in [0.2, 0.25) is 10.0 Å². The monoisotopic (exact) mass is 396 g/mol. The fraction of sp³-hybridized carbons (Fsp3) is 0.474. The Bertz CT molecular complexity index is 757. The summed E-state index contributed by atoms with van der Waals surface area (Å²) in [6.45, 7) is 0.133. The summed E-state index contributed by atoms with van der Waals surface area (Å²) in [6, 6.07) is 4.81. The third-order valence-corrected chi connectivity index (χ3v) is 5.60. The van der Waals surface area contributed by atoms with Gasteiger partial charge in [0.05, 0.1) is 17.2 Å². The predicted molar refractivity (Wildman–Crippen MR) is 102 cm³/mol. The van der Waals surface area contributed by atoms with E-state index in [9.17, 15) is 14.7 Å². The van der Waals surface area contributed by atoms with Gasteiger partial charge in [0, 0.05) is 30.2 Å². The number of amides is 2. The third-order valence-electron chi connectivity index (χ3n) is 5.05. The molecule has 1 aliphatic carbocycles. The first-order valence-corrected chi connectivity index (χ1v) is 9.61. The minimum atomic E-state index is -0.314. The predicted octanol–water partition coefficient (Wildman–Crippen LogP) is 3.33. The van der Waals surface area contributed by atoms with E-state index in [0.29, 0.717) is 21.3 Å². The van der Waals surface area contributed by atoms with Crippen LogP contribution in [-0.2, 0) is 9.59 Å². The summed E-state index contributed by atoms with van der Waals surface area (Å²) in [4.78, 5) is 29.4. The number of likely N-dealkylation sites (N-methyl/N-ethyl adjacent to an activating group) is 1. The molecule has 3 rings (SSSR count). The van der Waals surface area contributed by atoms with E-state index in [2.05, 4.69) is 0 Å². The first kappa shape index (κ1) is 19.2. The number of imide groups is 1. The Morgan fingerprint density at radius 2 is 1.85 bits per heavy atom. The molecule has 0 bridgehead atoms. The lowest BCUT2D eigenvalue weighted by Gasteiger charge is -2.30. The summed E-state index contributed by atoms with van der Waals surface area (Å²) in [5, 5.41) is 10.1. The minimum Gasteiger partial charge on any atom is -0.395 e. The van der Waals surface area contributed by atoms with E-state index in [-0.39, 0.29) is 36.6 Å². The van der Waals surface area contributed by atoms with E-state index in [1.54, 1.807) is 30.1 Å². The summed E-state index contributed by atoms with van der Waals surface area (Å²) < 4.78 is 0. The number of aliphatic hydroxyl groups is 1. The molecule has 1 aliphatic heterocycles. The van der Waals surface area contributed by atoms with Crippen molar-refractivity contribution < 1.29 is 14.7 Å². The van der Waals surface area contributed by atoms with Gasteiger partial charge in [0.15, 0.2) is 0 Å². The Hall–Kier alpha value is -1.56. The Balaban J connectivity index is 2.07. The van der Waals surface area contributed by atoms with E-state index < -0.39 is 0 Å². The summed E-state index contributed by atoms with van der Waals surface area (Å²) >= 11 is 12.3. The SMILES string of the molecule is CN(CCO)C1=C(c2ccc(Cl)cc2Cl)C(=O)N(C2CCCCC2)C1=O. The van der Waals surface area contributed by atoms with Gasteiger partial charge in [-0.1, -0.05) is 48.5 Å². The zero-order valence-electron chi connectivity index (χ0n) is 14.7. The topological polar surface area (TPSA) is 60.9 Å². The third kappa shape index (κ3) is 3.48. The molecule has 140 valence electrons. The molecule has 2 aliphatic rings. The second-order valence-electron chi connectivity index (χ2n) is 6.77. The first-order valence-electron chi connectivity index (χ1n) is 8.85. The van der Waals surface area contributed by atoms with Gasteiger partial charge in [-0.25, -0.2) is 0 Å². The fourth-order valence-corrected chi connectivity index (χ4v) is 4.26. The molecule has 7 heteroatoms.